The number of piperidine rings is 1. The van der Waals surface area contributed by atoms with Crippen LogP contribution in [0.15, 0.2) is 48.5 Å². The van der Waals surface area contributed by atoms with E-state index >= 15 is 0 Å². The fraction of sp³-hybridized carbons (Fsp3) is 0.417. The molecule has 1 saturated carbocycles. The highest BCUT2D eigenvalue weighted by atomic mass is 16.6. The predicted octanol–water partition coefficient (Wildman–Crippen LogP) is 4.65. The van der Waals surface area contributed by atoms with Crippen molar-refractivity contribution in [3.63, 3.8) is 0 Å². The van der Waals surface area contributed by atoms with Gasteiger partial charge in [-0.25, -0.2) is 4.79 Å². The van der Waals surface area contributed by atoms with Crippen LogP contribution < -0.4 is 0 Å². The zero-order valence-electron chi connectivity index (χ0n) is 16.3. The molecule has 0 spiro atoms. The molecule has 0 radical (unpaired) electrons. The van der Waals surface area contributed by atoms with Crippen molar-refractivity contribution >= 4 is 12.1 Å². The number of amides is 1. The maximum Gasteiger partial charge on any atom is 0.410 e. The summed E-state index contributed by atoms with van der Waals surface area (Å²) in [6, 6.07) is 16.3. The van der Waals surface area contributed by atoms with Gasteiger partial charge in [0.1, 0.15) is 6.61 Å². The van der Waals surface area contributed by atoms with E-state index in [1.54, 1.807) is 4.90 Å². The number of fused-ring (bicyclic) bond motifs is 4. The molecule has 2 fully saturated rings. The first-order valence-corrected chi connectivity index (χ1v) is 10.5. The summed E-state index contributed by atoms with van der Waals surface area (Å²) in [5.74, 6) is -0.750. The molecule has 5 nitrogen and oxygen atoms in total. The van der Waals surface area contributed by atoms with Gasteiger partial charge in [-0.2, -0.15) is 0 Å². The largest absolute Gasteiger partial charge is 0.481 e. The van der Waals surface area contributed by atoms with Gasteiger partial charge in [0.2, 0.25) is 0 Å². The van der Waals surface area contributed by atoms with Crippen molar-refractivity contribution in [1.82, 2.24) is 4.90 Å². The van der Waals surface area contributed by atoms with Crippen molar-refractivity contribution in [1.29, 1.82) is 0 Å². The van der Waals surface area contributed by atoms with Gasteiger partial charge in [0.25, 0.3) is 0 Å². The number of carbonyl (C=O) groups is 2. The molecule has 3 aliphatic rings. The van der Waals surface area contributed by atoms with Crippen LogP contribution in [0.2, 0.25) is 0 Å². The van der Waals surface area contributed by atoms with E-state index in [2.05, 4.69) is 24.3 Å². The molecule has 1 amide bonds. The number of likely N-dealkylation sites (tertiary alicyclic amines) is 1. The van der Waals surface area contributed by atoms with Gasteiger partial charge in [0, 0.05) is 12.5 Å². The number of carboxylic acids is 1. The van der Waals surface area contributed by atoms with Gasteiger partial charge in [-0.3, -0.25) is 4.79 Å². The van der Waals surface area contributed by atoms with E-state index in [1.165, 1.54) is 22.3 Å². The summed E-state index contributed by atoms with van der Waals surface area (Å²) in [6.45, 7) is 0.854. The van der Waals surface area contributed by atoms with Crippen molar-refractivity contribution in [3.8, 4) is 11.1 Å². The molecule has 5 rings (SSSR count). The summed E-state index contributed by atoms with van der Waals surface area (Å²) in [4.78, 5) is 26.7. The summed E-state index contributed by atoms with van der Waals surface area (Å²) in [6.07, 6.45) is 3.25. The number of aliphatic carboxylic acids is 1. The molecule has 29 heavy (non-hydrogen) atoms. The molecule has 1 heterocycles. The molecular weight excluding hydrogens is 366 g/mol. The van der Waals surface area contributed by atoms with Gasteiger partial charge >= 0.3 is 12.1 Å². The monoisotopic (exact) mass is 391 g/mol. The van der Waals surface area contributed by atoms with Gasteiger partial charge in [-0.1, -0.05) is 55.0 Å². The van der Waals surface area contributed by atoms with Gasteiger partial charge in [-0.05, 0) is 47.9 Å². The van der Waals surface area contributed by atoms with Gasteiger partial charge in [0.15, 0.2) is 0 Å². The Bertz CT molecular complexity index is 925. The second-order valence-corrected chi connectivity index (χ2v) is 8.47. The summed E-state index contributed by atoms with van der Waals surface area (Å²) in [5, 5.41) is 9.84. The topological polar surface area (TPSA) is 66.8 Å². The highest BCUT2D eigenvalue weighted by Crippen LogP contribution is 2.48. The van der Waals surface area contributed by atoms with Gasteiger partial charge < -0.3 is 14.7 Å². The highest BCUT2D eigenvalue weighted by Gasteiger charge is 2.54. The second-order valence-electron chi connectivity index (χ2n) is 8.47. The Labute approximate surface area is 170 Å². The van der Waals surface area contributed by atoms with Crippen LogP contribution >= 0.6 is 0 Å². The number of carboxylic acid groups (broad SMARTS) is 1. The lowest BCUT2D eigenvalue weighted by atomic mass is 9.75. The first kappa shape index (κ1) is 18.2. The lowest BCUT2D eigenvalue weighted by molar-refractivity contribution is -0.154. The van der Waals surface area contributed by atoms with Crippen molar-refractivity contribution in [2.75, 3.05) is 13.2 Å². The normalized spacial score (nSPS) is 25.2. The molecule has 2 aliphatic carbocycles. The van der Waals surface area contributed by atoms with Crippen LogP contribution in [0, 0.1) is 5.41 Å². The molecule has 2 aromatic carbocycles. The minimum Gasteiger partial charge on any atom is -0.481 e. The van der Waals surface area contributed by atoms with Crippen LogP contribution in [0.3, 0.4) is 0 Å². The highest BCUT2D eigenvalue weighted by molar-refractivity contribution is 5.80. The quantitative estimate of drug-likeness (QED) is 0.827. The third kappa shape index (κ3) is 2.75. The average Bonchev–Trinajstić information content (AvgIpc) is 3.32. The number of nitrogens with zero attached hydrogens (tertiary/aromatic N) is 1. The smallest absolute Gasteiger partial charge is 0.410 e. The van der Waals surface area contributed by atoms with Crippen molar-refractivity contribution in [2.45, 2.75) is 44.1 Å². The first-order chi connectivity index (χ1) is 14.1. The van der Waals surface area contributed by atoms with Crippen LogP contribution in [-0.4, -0.2) is 41.3 Å². The van der Waals surface area contributed by atoms with Crippen molar-refractivity contribution < 1.29 is 19.4 Å². The average molecular weight is 391 g/mol. The molecular formula is C24H25NO4. The standard InChI is InChI=1S/C24H25NO4/c26-22(27)24-12-5-11-21(24)25(14-6-13-24)23(28)29-15-20-18-9-3-1-7-16(18)17-8-2-4-10-19(17)20/h1-4,7-10,20-21H,5-6,11-15H2,(H,26,27). The van der Waals surface area contributed by atoms with E-state index in [4.69, 9.17) is 4.74 Å². The minimum absolute atomic E-state index is 0.0175. The maximum atomic E-state index is 13.0. The summed E-state index contributed by atoms with van der Waals surface area (Å²) >= 11 is 0. The van der Waals surface area contributed by atoms with Crippen LogP contribution in [0.25, 0.3) is 11.1 Å². The lowest BCUT2D eigenvalue weighted by Crippen LogP contribution is -2.55. The third-order valence-corrected chi connectivity index (χ3v) is 7.13. The van der Waals surface area contributed by atoms with E-state index in [1.807, 2.05) is 24.3 Å². The van der Waals surface area contributed by atoms with Crippen LogP contribution in [-0.2, 0) is 9.53 Å². The summed E-state index contributed by atoms with van der Waals surface area (Å²) < 4.78 is 5.81. The molecule has 2 unspecified atom stereocenters. The Balaban J connectivity index is 1.36. The predicted molar refractivity (Wildman–Crippen MR) is 109 cm³/mol. The zero-order valence-corrected chi connectivity index (χ0v) is 16.3. The maximum absolute atomic E-state index is 13.0. The fourth-order valence-corrected chi connectivity index (χ4v) is 5.77. The molecule has 1 N–H and O–H groups in total. The second kappa shape index (κ2) is 6.90. The van der Waals surface area contributed by atoms with Crippen LogP contribution in [0.5, 0.6) is 0 Å². The van der Waals surface area contributed by atoms with Gasteiger partial charge in [0.05, 0.1) is 11.5 Å². The molecule has 0 bridgehead atoms. The Hall–Kier alpha value is -2.82. The first-order valence-electron chi connectivity index (χ1n) is 10.5. The van der Waals surface area contributed by atoms with Gasteiger partial charge in [-0.15, -0.1) is 0 Å². The fourth-order valence-electron chi connectivity index (χ4n) is 5.77. The molecule has 1 saturated heterocycles. The molecule has 0 aromatic heterocycles. The van der Waals surface area contributed by atoms with E-state index < -0.39 is 11.4 Å². The number of carbonyl (C=O) groups excluding carboxylic acids is 1. The van der Waals surface area contributed by atoms with Crippen molar-refractivity contribution in [3.05, 3.63) is 59.7 Å². The SMILES string of the molecule is O=C(OCC1c2ccccc2-c2ccccc21)N1CCCC2(C(=O)O)CCCC12. The Morgan fingerprint density at radius 1 is 1.00 bits per heavy atom. The zero-order chi connectivity index (χ0) is 20.0. The molecule has 5 heteroatoms. The van der Waals surface area contributed by atoms with E-state index in [9.17, 15) is 14.7 Å². The molecule has 1 aliphatic heterocycles. The minimum atomic E-state index is -0.788. The molecule has 2 atom stereocenters. The number of ether oxygens (including phenoxy) is 1. The van der Waals surface area contributed by atoms with Crippen molar-refractivity contribution in [2.24, 2.45) is 5.41 Å². The molecule has 2 aromatic rings. The Kier molecular flexibility index (Phi) is 4.34. The van der Waals surface area contributed by atoms with Crippen LogP contribution in [0.1, 0.15) is 49.1 Å². The number of hydrogen-bond acceptors (Lipinski definition) is 3. The number of benzene rings is 2. The summed E-state index contributed by atoms with van der Waals surface area (Å²) in [7, 11) is 0. The van der Waals surface area contributed by atoms with E-state index in [0.29, 0.717) is 25.8 Å². The number of rotatable bonds is 3. The Morgan fingerprint density at radius 2 is 1.62 bits per heavy atom. The Morgan fingerprint density at radius 3 is 2.28 bits per heavy atom. The van der Waals surface area contributed by atoms with Crippen LogP contribution in [0.4, 0.5) is 4.79 Å². The summed E-state index contributed by atoms with van der Waals surface area (Å²) in [5.41, 5.74) is 3.97. The van der Waals surface area contributed by atoms with E-state index in [-0.39, 0.29) is 24.7 Å². The van der Waals surface area contributed by atoms with E-state index in [0.717, 1.165) is 12.8 Å². The lowest BCUT2D eigenvalue weighted by Gasteiger charge is -2.43. The molecule has 150 valence electrons. The third-order valence-electron chi connectivity index (χ3n) is 7.13. The number of hydrogen-bond donors (Lipinski definition) is 1.